The van der Waals surface area contributed by atoms with Crippen LogP contribution < -0.4 is 10.2 Å². The Balaban J connectivity index is 1.67. The number of ether oxygens (including phenoxy) is 1. The van der Waals surface area contributed by atoms with E-state index in [1.54, 1.807) is 30.3 Å². The molecule has 1 heterocycles. The largest absolute Gasteiger partial charge is 0.438 e. The SMILES string of the molecule is O=C(N/N=C/c1ccc(C(F)(F)F)cc1)c1cccnc1Oc1ccccc1. The summed E-state index contributed by atoms with van der Waals surface area (Å²) in [7, 11) is 0. The van der Waals surface area contributed by atoms with Crippen molar-refractivity contribution in [3.8, 4) is 11.6 Å². The lowest BCUT2D eigenvalue weighted by Crippen LogP contribution is -2.18. The zero-order chi connectivity index (χ0) is 20.0. The number of carbonyl (C=O) groups excluding carboxylic acids is 1. The first-order chi connectivity index (χ1) is 13.4. The summed E-state index contributed by atoms with van der Waals surface area (Å²) in [5, 5.41) is 3.77. The third-order valence-corrected chi connectivity index (χ3v) is 3.59. The molecule has 0 aliphatic rings. The lowest BCUT2D eigenvalue weighted by Gasteiger charge is -2.08. The fourth-order valence-corrected chi connectivity index (χ4v) is 2.23. The van der Waals surface area contributed by atoms with Crippen LogP contribution in [0.15, 0.2) is 78.0 Å². The smallest absolute Gasteiger partial charge is 0.416 e. The minimum absolute atomic E-state index is 0.107. The number of nitrogens with one attached hydrogen (secondary N) is 1. The Morgan fingerprint density at radius 2 is 1.71 bits per heavy atom. The maximum absolute atomic E-state index is 12.6. The van der Waals surface area contributed by atoms with Crippen molar-refractivity contribution in [3.63, 3.8) is 0 Å². The zero-order valence-corrected chi connectivity index (χ0v) is 14.4. The van der Waals surface area contributed by atoms with E-state index in [0.29, 0.717) is 11.3 Å². The number of alkyl halides is 3. The highest BCUT2D eigenvalue weighted by atomic mass is 19.4. The van der Waals surface area contributed by atoms with Crippen LogP contribution in [-0.4, -0.2) is 17.1 Å². The molecular formula is C20H14F3N3O2. The summed E-state index contributed by atoms with van der Waals surface area (Å²) in [5.41, 5.74) is 2.12. The number of halogens is 3. The van der Waals surface area contributed by atoms with Crippen LogP contribution in [0.5, 0.6) is 11.6 Å². The fourth-order valence-electron chi connectivity index (χ4n) is 2.23. The molecule has 1 aromatic heterocycles. The molecular weight excluding hydrogens is 371 g/mol. The first-order valence-electron chi connectivity index (χ1n) is 8.12. The van der Waals surface area contributed by atoms with E-state index in [9.17, 15) is 18.0 Å². The number of carbonyl (C=O) groups is 1. The van der Waals surface area contributed by atoms with Gasteiger partial charge in [-0.3, -0.25) is 4.79 Å². The van der Waals surface area contributed by atoms with Gasteiger partial charge in [-0.25, -0.2) is 10.4 Å². The van der Waals surface area contributed by atoms with Gasteiger partial charge >= 0.3 is 6.18 Å². The molecule has 28 heavy (non-hydrogen) atoms. The van der Waals surface area contributed by atoms with Gasteiger partial charge in [0.1, 0.15) is 11.3 Å². The number of aromatic nitrogens is 1. The third kappa shape index (κ3) is 4.94. The number of benzene rings is 2. The predicted molar refractivity (Wildman–Crippen MR) is 97.3 cm³/mol. The average Bonchev–Trinajstić information content (AvgIpc) is 2.69. The predicted octanol–water partition coefficient (Wildman–Crippen LogP) is 4.66. The summed E-state index contributed by atoms with van der Waals surface area (Å²) in [6.07, 6.45) is -1.67. The van der Waals surface area contributed by atoms with Crippen molar-refractivity contribution in [2.75, 3.05) is 0 Å². The maximum atomic E-state index is 12.6. The van der Waals surface area contributed by atoms with Crippen LogP contribution >= 0.6 is 0 Å². The van der Waals surface area contributed by atoms with E-state index in [2.05, 4.69) is 15.5 Å². The summed E-state index contributed by atoms with van der Waals surface area (Å²) >= 11 is 0. The van der Waals surface area contributed by atoms with Crippen molar-refractivity contribution in [1.29, 1.82) is 0 Å². The van der Waals surface area contributed by atoms with Crippen molar-refractivity contribution in [2.45, 2.75) is 6.18 Å². The number of pyridine rings is 1. The Kier molecular flexibility index (Phi) is 5.69. The van der Waals surface area contributed by atoms with Crippen LogP contribution in [0.3, 0.4) is 0 Å². The molecule has 0 fully saturated rings. The van der Waals surface area contributed by atoms with Gasteiger partial charge in [-0.2, -0.15) is 18.3 Å². The Labute approximate surface area is 158 Å². The molecule has 0 unspecified atom stereocenters. The number of nitrogens with zero attached hydrogens (tertiary/aromatic N) is 2. The Hall–Kier alpha value is -3.68. The van der Waals surface area contributed by atoms with Crippen LogP contribution in [0.4, 0.5) is 13.2 Å². The molecule has 0 aliphatic carbocycles. The molecule has 0 spiro atoms. The van der Waals surface area contributed by atoms with E-state index in [1.807, 2.05) is 6.07 Å². The number of hydrazone groups is 1. The maximum Gasteiger partial charge on any atom is 0.416 e. The second-order valence-corrected chi connectivity index (χ2v) is 5.59. The molecule has 2 aromatic carbocycles. The lowest BCUT2D eigenvalue weighted by molar-refractivity contribution is -0.137. The molecule has 142 valence electrons. The Morgan fingerprint density at radius 3 is 2.39 bits per heavy atom. The van der Waals surface area contributed by atoms with Gasteiger partial charge in [0, 0.05) is 6.20 Å². The van der Waals surface area contributed by atoms with Gasteiger partial charge in [-0.05, 0) is 42.0 Å². The van der Waals surface area contributed by atoms with Crippen molar-refractivity contribution in [1.82, 2.24) is 10.4 Å². The van der Waals surface area contributed by atoms with Gasteiger partial charge in [-0.15, -0.1) is 0 Å². The van der Waals surface area contributed by atoms with Crippen LogP contribution in [0, 0.1) is 0 Å². The monoisotopic (exact) mass is 385 g/mol. The number of hydrogen-bond acceptors (Lipinski definition) is 4. The summed E-state index contributed by atoms with van der Waals surface area (Å²) in [4.78, 5) is 16.4. The second kappa shape index (κ2) is 8.34. The highest BCUT2D eigenvalue weighted by Crippen LogP contribution is 2.28. The Morgan fingerprint density at radius 1 is 1.00 bits per heavy atom. The molecule has 3 rings (SSSR count). The van der Waals surface area contributed by atoms with Gasteiger partial charge in [-0.1, -0.05) is 30.3 Å². The van der Waals surface area contributed by atoms with Gasteiger partial charge in [0.25, 0.3) is 5.91 Å². The standard InChI is InChI=1S/C20H14F3N3O2/c21-20(22,23)15-10-8-14(9-11-15)13-25-26-18(27)17-7-4-12-24-19(17)28-16-5-2-1-3-6-16/h1-13H,(H,26,27)/b25-13+. The quantitative estimate of drug-likeness (QED) is 0.513. The minimum atomic E-state index is -4.40. The van der Waals surface area contributed by atoms with Gasteiger partial charge in [0.05, 0.1) is 11.8 Å². The van der Waals surface area contributed by atoms with E-state index in [4.69, 9.17) is 4.74 Å². The first-order valence-corrected chi connectivity index (χ1v) is 8.12. The van der Waals surface area contributed by atoms with Crippen LogP contribution in [0.1, 0.15) is 21.5 Å². The first kappa shape index (κ1) is 19.1. The molecule has 0 atom stereocenters. The molecule has 3 aromatic rings. The lowest BCUT2D eigenvalue weighted by atomic mass is 10.1. The average molecular weight is 385 g/mol. The van der Waals surface area contributed by atoms with Gasteiger partial charge in [0.15, 0.2) is 0 Å². The highest BCUT2D eigenvalue weighted by Gasteiger charge is 2.29. The van der Waals surface area contributed by atoms with Crippen molar-refractivity contribution in [3.05, 3.63) is 89.6 Å². The number of amides is 1. The van der Waals surface area contributed by atoms with Crippen molar-refractivity contribution >= 4 is 12.1 Å². The minimum Gasteiger partial charge on any atom is -0.438 e. The Bertz CT molecular complexity index is 972. The molecule has 0 aliphatic heterocycles. The van der Waals surface area contributed by atoms with Gasteiger partial charge < -0.3 is 4.74 Å². The van der Waals surface area contributed by atoms with Crippen molar-refractivity contribution < 1.29 is 22.7 Å². The normalized spacial score (nSPS) is 11.4. The van der Waals surface area contributed by atoms with E-state index in [-0.39, 0.29) is 11.4 Å². The number of para-hydroxylation sites is 1. The highest BCUT2D eigenvalue weighted by molar-refractivity contribution is 5.96. The summed E-state index contributed by atoms with van der Waals surface area (Å²) < 4.78 is 43.3. The van der Waals surface area contributed by atoms with Crippen LogP contribution in [0.2, 0.25) is 0 Å². The molecule has 1 amide bonds. The number of hydrogen-bond donors (Lipinski definition) is 1. The van der Waals surface area contributed by atoms with E-state index in [0.717, 1.165) is 12.1 Å². The van der Waals surface area contributed by atoms with E-state index < -0.39 is 17.6 Å². The molecule has 0 radical (unpaired) electrons. The zero-order valence-electron chi connectivity index (χ0n) is 14.4. The number of rotatable bonds is 5. The summed E-state index contributed by atoms with van der Waals surface area (Å²) in [6, 6.07) is 16.3. The molecule has 8 heteroatoms. The molecule has 0 saturated heterocycles. The fraction of sp³-hybridized carbons (Fsp3) is 0.0500. The van der Waals surface area contributed by atoms with Crippen LogP contribution in [0.25, 0.3) is 0 Å². The topological polar surface area (TPSA) is 63.6 Å². The summed E-state index contributed by atoms with van der Waals surface area (Å²) in [5.74, 6) is 0.0571. The van der Waals surface area contributed by atoms with E-state index in [1.165, 1.54) is 30.6 Å². The molecule has 0 bridgehead atoms. The van der Waals surface area contributed by atoms with E-state index >= 15 is 0 Å². The van der Waals surface area contributed by atoms with Crippen LogP contribution in [-0.2, 0) is 6.18 Å². The summed E-state index contributed by atoms with van der Waals surface area (Å²) in [6.45, 7) is 0. The second-order valence-electron chi connectivity index (χ2n) is 5.59. The molecule has 5 nitrogen and oxygen atoms in total. The third-order valence-electron chi connectivity index (χ3n) is 3.59. The molecule has 0 saturated carbocycles. The van der Waals surface area contributed by atoms with Gasteiger partial charge in [0.2, 0.25) is 5.88 Å². The molecule has 1 N–H and O–H groups in total. The van der Waals surface area contributed by atoms with Crippen molar-refractivity contribution in [2.24, 2.45) is 5.10 Å².